The first kappa shape index (κ1) is 25.9. The molecular weight excluding hydrogens is 502 g/mol. The topological polar surface area (TPSA) is 82.9 Å². The van der Waals surface area contributed by atoms with Crippen LogP contribution in [-0.4, -0.2) is 23.4 Å². The molecule has 8 heteroatoms. The Labute approximate surface area is 227 Å². The van der Waals surface area contributed by atoms with Crippen molar-refractivity contribution in [1.82, 2.24) is 10.3 Å². The number of benzene rings is 2. The third-order valence-corrected chi connectivity index (χ3v) is 8.40. The Morgan fingerprint density at radius 3 is 2.78 bits per heavy atom. The predicted molar refractivity (Wildman–Crippen MR) is 151 cm³/mol. The predicted octanol–water partition coefficient (Wildman–Crippen LogP) is 8.29. The van der Waals surface area contributed by atoms with Gasteiger partial charge in [-0.25, -0.2) is 0 Å². The molecule has 5 rings (SSSR count). The van der Waals surface area contributed by atoms with Crippen molar-refractivity contribution in [1.29, 1.82) is 0 Å². The lowest BCUT2D eigenvalue weighted by Crippen LogP contribution is -2.29. The molecule has 0 unspecified atom stereocenters. The molecule has 2 aliphatic rings. The zero-order valence-electron chi connectivity index (χ0n) is 20.9. The van der Waals surface area contributed by atoms with Crippen molar-refractivity contribution in [2.45, 2.75) is 68.0 Å². The molecule has 1 N–H and O–H groups in total. The summed E-state index contributed by atoms with van der Waals surface area (Å²) in [6, 6.07) is 16.8. The number of thioether (sulfide) groups is 1. The van der Waals surface area contributed by atoms with Gasteiger partial charge in [0.1, 0.15) is 5.75 Å². The first-order valence-corrected chi connectivity index (χ1v) is 14.4. The van der Waals surface area contributed by atoms with Gasteiger partial charge in [-0.3, -0.25) is 4.98 Å². The molecule has 2 aliphatic carbocycles. The second kappa shape index (κ2) is 12.2. The molecule has 37 heavy (non-hydrogen) atoms. The van der Waals surface area contributed by atoms with Crippen LogP contribution in [0.15, 0.2) is 70.9 Å². The number of hydrogen-bond acceptors (Lipinski definition) is 5. The molecule has 2 saturated carbocycles. The smallest absolute Gasteiger partial charge is 0.127 e. The molecule has 0 amide bonds. The standard InChI is InChI=1S/C29H32ClN5OS/c30-27-11-10-23(37-17-5-1-4-15-34-35-31)18-21(27)19-33-29(13-14-29)26-20-32-16-12-24(26)25-6-2-3-7-28(25)36-22-8-9-22/h2-3,6-7,10-12,16,18,20,22,33H,1,4-5,8-9,13-15,17,19H2. The molecule has 1 heterocycles. The summed E-state index contributed by atoms with van der Waals surface area (Å²) in [6.07, 6.45) is 11.8. The highest BCUT2D eigenvalue weighted by molar-refractivity contribution is 7.99. The second-order valence-corrected chi connectivity index (χ2v) is 11.4. The van der Waals surface area contributed by atoms with Crippen LogP contribution in [0.25, 0.3) is 21.6 Å². The fraction of sp³-hybridized carbons (Fsp3) is 0.414. The van der Waals surface area contributed by atoms with Gasteiger partial charge in [-0.15, -0.1) is 11.8 Å². The van der Waals surface area contributed by atoms with Crippen LogP contribution in [0.2, 0.25) is 5.02 Å². The van der Waals surface area contributed by atoms with E-state index in [9.17, 15) is 0 Å². The number of nitrogens with one attached hydrogen (secondary N) is 1. The molecule has 6 nitrogen and oxygen atoms in total. The Morgan fingerprint density at radius 1 is 1.11 bits per heavy atom. The number of rotatable bonds is 14. The minimum atomic E-state index is -0.103. The van der Waals surface area contributed by atoms with Gasteiger partial charge in [-0.1, -0.05) is 41.3 Å². The maximum atomic E-state index is 8.37. The molecule has 0 atom stereocenters. The molecule has 2 fully saturated rings. The second-order valence-electron chi connectivity index (χ2n) is 9.79. The van der Waals surface area contributed by atoms with Crippen LogP contribution in [0, 0.1) is 0 Å². The van der Waals surface area contributed by atoms with Gasteiger partial charge in [0.05, 0.1) is 6.10 Å². The van der Waals surface area contributed by atoms with E-state index in [2.05, 4.69) is 56.7 Å². The Morgan fingerprint density at radius 2 is 1.97 bits per heavy atom. The van der Waals surface area contributed by atoms with Gasteiger partial charge in [-0.2, -0.15) is 0 Å². The van der Waals surface area contributed by atoms with E-state index >= 15 is 0 Å². The molecule has 2 aromatic carbocycles. The number of para-hydroxylation sites is 1. The monoisotopic (exact) mass is 533 g/mol. The Kier molecular flexibility index (Phi) is 8.57. The van der Waals surface area contributed by atoms with Crippen LogP contribution in [0.1, 0.15) is 56.1 Å². The van der Waals surface area contributed by atoms with E-state index in [1.54, 1.807) is 0 Å². The Hall–Kier alpha value is -2.70. The van der Waals surface area contributed by atoms with E-state index in [4.69, 9.17) is 21.9 Å². The van der Waals surface area contributed by atoms with E-state index in [0.717, 1.165) is 72.6 Å². The van der Waals surface area contributed by atoms with Crippen molar-refractivity contribution in [2.24, 2.45) is 5.11 Å². The van der Waals surface area contributed by atoms with E-state index < -0.39 is 0 Å². The van der Waals surface area contributed by atoms with Crippen molar-refractivity contribution in [3.05, 3.63) is 87.5 Å². The molecule has 0 bridgehead atoms. The molecule has 1 aromatic heterocycles. The summed E-state index contributed by atoms with van der Waals surface area (Å²) in [6.45, 7) is 1.28. The van der Waals surface area contributed by atoms with Crippen molar-refractivity contribution >= 4 is 23.4 Å². The van der Waals surface area contributed by atoms with Crippen LogP contribution in [0.3, 0.4) is 0 Å². The SMILES string of the molecule is [N-]=[N+]=NCCCCCSc1ccc(Cl)c(CNC2(c3cnccc3-c3ccccc3OC3CC3)CC2)c1. The van der Waals surface area contributed by atoms with E-state index in [0.29, 0.717) is 19.2 Å². The Bertz CT molecular complexity index is 1270. The van der Waals surface area contributed by atoms with Gasteiger partial charge in [-0.05, 0) is 96.8 Å². The van der Waals surface area contributed by atoms with Crippen LogP contribution in [0.4, 0.5) is 0 Å². The first-order valence-electron chi connectivity index (χ1n) is 13.1. The number of aromatic nitrogens is 1. The van der Waals surface area contributed by atoms with Gasteiger partial charge in [0.25, 0.3) is 0 Å². The summed E-state index contributed by atoms with van der Waals surface area (Å²) in [4.78, 5) is 8.54. The number of unbranched alkanes of at least 4 members (excludes halogenated alkanes) is 2. The van der Waals surface area contributed by atoms with E-state index in [1.807, 2.05) is 36.3 Å². The largest absolute Gasteiger partial charge is 0.490 e. The minimum Gasteiger partial charge on any atom is -0.490 e. The third-order valence-electron chi connectivity index (χ3n) is 6.95. The molecule has 0 saturated heterocycles. The van der Waals surface area contributed by atoms with Gasteiger partial charge < -0.3 is 10.1 Å². The fourth-order valence-corrected chi connectivity index (χ4v) is 5.73. The molecule has 0 radical (unpaired) electrons. The summed E-state index contributed by atoms with van der Waals surface area (Å²) >= 11 is 8.46. The lowest BCUT2D eigenvalue weighted by Gasteiger charge is -2.23. The number of nitrogens with zero attached hydrogens (tertiary/aromatic N) is 4. The highest BCUT2D eigenvalue weighted by atomic mass is 35.5. The van der Waals surface area contributed by atoms with E-state index in [-0.39, 0.29) is 5.54 Å². The molecule has 3 aromatic rings. The minimum absolute atomic E-state index is 0.103. The lowest BCUT2D eigenvalue weighted by molar-refractivity contribution is 0.304. The van der Waals surface area contributed by atoms with Crippen LogP contribution in [0.5, 0.6) is 5.75 Å². The maximum Gasteiger partial charge on any atom is 0.127 e. The number of ether oxygens (including phenoxy) is 1. The maximum absolute atomic E-state index is 8.37. The highest BCUT2D eigenvalue weighted by Crippen LogP contribution is 2.50. The molecule has 192 valence electrons. The third kappa shape index (κ3) is 6.79. The quantitative estimate of drug-likeness (QED) is 0.0742. The molecular formula is C29H32ClN5OS. The molecule has 0 aliphatic heterocycles. The lowest BCUT2D eigenvalue weighted by atomic mass is 9.94. The van der Waals surface area contributed by atoms with Crippen molar-refractivity contribution in [3.63, 3.8) is 0 Å². The summed E-state index contributed by atoms with van der Waals surface area (Å²) in [5, 5.41) is 8.22. The van der Waals surface area contributed by atoms with Gasteiger partial charge in [0.15, 0.2) is 0 Å². The summed E-state index contributed by atoms with van der Waals surface area (Å²) in [5.74, 6) is 2.00. The zero-order valence-corrected chi connectivity index (χ0v) is 22.5. The van der Waals surface area contributed by atoms with Gasteiger partial charge in [0.2, 0.25) is 0 Å². The van der Waals surface area contributed by atoms with Gasteiger partial charge >= 0.3 is 0 Å². The highest BCUT2D eigenvalue weighted by Gasteiger charge is 2.45. The van der Waals surface area contributed by atoms with E-state index in [1.165, 1.54) is 16.0 Å². The number of halogens is 1. The first-order chi connectivity index (χ1) is 18.2. The fourth-order valence-electron chi connectivity index (χ4n) is 4.57. The average molecular weight is 534 g/mol. The average Bonchev–Trinajstić information content (AvgIpc) is 3.86. The van der Waals surface area contributed by atoms with Crippen molar-refractivity contribution < 1.29 is 4.74 Å². The normalized spacial score (nSPS) is 15.7. The zero-order chi connectivity index (χ0) is 25.5. The van der Waals surface area contributed by atoms with Crippen molar-refractivity contribution in [2.75, 3.05) is 12.3 Å². The number of pyridine rings is 1. The van der Waals surface area contributed by atoms with Gasteiger partial charge in [0, 0.05) is 51.4 Å². The Balaban J connectivity index is 1.25. The van der Waals surface area contributed by atoms with Crippen LogP contribution in [-0.2, 0) is 12.1 Å². The summed E-state index contributed by atoms with van der Waals surface area (Å²) < 4.78 is 6.24. The van der Waals surface area contributed by atoms with Crippen molar-refractivity contribution in [3.8, 4) is 16.9 Å². The number of azide groups is 1. The number of hydrogen-bond donors (Lipinski definition) is 1. The van der Waals surface area contributed by atoms with Crippen LogP contribution >= 0.6 is 23.4 Å². The van der Waals surface area contributed by atoms with Crippen LogP contribution < -0.4 is 10.1 Å². The summed E-state index contributed by atoms with van der Waals surface area (Å²) in [5.41, 5.74) is 12.9. The molecule has 0 spiro atoms. The summed E-state index contributed by atoms with van der Waals surface area (Å²) in [7, 11) is 0.